The fourth-order valence-electron chi connectivity index (χ4n) is 2.23. The van der Waals surface area contributed by atoms with Gasteiger partial charge in [-0.25, -0.2) is 0 Å². The van der Waals surface area contributed by atoms with Crippen LogP contribution in [0.2, 0.25) is 0 Å². The van der Waals surface area contributed by atoms with Crippen molar-refractivity contribution in [1.29, 1.82) is 0 Å². The molecule has 1 aliphatic rings. The van der Waals surface area contributed by atoms with Crippen molar-refractivity contribution in [1.82, 2.24) is 9.44 Å². The van der Waals surface area contributed by atoms with Gasteiger partial charge < -0.3 is 5.11 Å². The van der Waals surface area contributed by atoms with E-state index < -0.39 is 22.4 Å². The van der Waals surface area contributed by atoms with Crippen molar-refractivity contribution in [2.75, 3.05) is 0 Å². The maximum atomic E-state index is 11.8. The normalized spacial score (nSPS) is 23.3. The molecule has 0 saturated carbocycles. The number of nitrogens with one attached hydrogen (secondary N) is 2. The molecule has 2 rings (SSSR count). The van der Waals surface area contributed by atoms with Gasteiger partial charge in [-0.15, -0.1) is 0 Å². The third-order valence-electron chi connectivity index (χ3n) is 2.88. The summed E-state index contributed by atoms with van der Waals surface area (Å²) in [7, 11) is -3.60. The van der Waals surface area contributed by atoms with E-state index in [4.69, 9.17) is 0 Å². The second-order valence-corrected chi connectivity index (χ2v) is 6.32. The van der Waals surface area contributed by atoms with Crippen LogP contribution in [0, 0.1) is 0 Å². The Kier molecular flexibility index (Phi) is 3.72. The van der Waals surface area contributed by atoms with Gasteiger partial charge in [0, 0.05) is 12.5 Å². The van der Waals surface area contributed by atoms with Crippen molar-refractivity contribution in [2.24, 2.45) is 0 Å². The van der Waals surface area contributed by atoms with E-state index in [0.717, 1.165) is 11.1 Å². The lowest BCUT2D eigenvalue weighted by Crippen LogP contribution is -2.44. The fourth-order valence-corrected chi connectivity index (χ4v) is 3.53. The van der Waals surface area contributed by atoms with Gasteiger partial charge in [0.1, 0.15) is 0 Å². The predicted molar refractivity (Wildman–Crippen MR) is 69.2 cm³/mol. The summed E-state index contributed by atoms with van der Waals surface area (Å²) in [6.45, 7) is 3.50. The van der Waals surface area contributed by atoms with Gasteiger partial charge in [0.2, 0.25) is 0 Å². The summed E-state index contributed by atoms with van der Waals surface area (Å²) in [5, 5.41) is 9.95. The zero-order valence-electron chi connectivity index (χ0n) is 10.4. The van der Waals surface area contributed by atoms with E-state index in [9.17, 15) is 13.5 Å². The van der Waals surface area contributed by atoms with Crippen LogP contribution in [-0.2, 0) is 16.6 Å². The number of hydrogen-bond donors (Lipinski definition) is 3. The van der Waals surface area contributed by atoms with E-state index in [1.165, 1.54) is 0 Å². The van der Waals surface area contributed by atoms with E-state index >= 15 is 0 Å². The first-order chi connectivity index (χ1) is 8.39. The van der Waals surface area contributed by atoms with Crippen molar-refractivity contribution in [3.05, 3.63) is 35.4 Å². The number of rotatable bonds is 4. The van der Waals surface area contributed by atoms with Crippen molar-refractivity contribution in [3.8, 4) is 0 Å². The Morgan fingerprint density at radius 3 is 2.67 bits per heavy atom. The molecule has 0 heterocycles. The van der Waals surface area contributed by atoms with Crippen molar-refractivity contribution < 1.29 is 13.5 Å². The lowest BCUT2D eigenvalue weighted by Gasteiger charge is -2.19. The molecule has 0 fully saturated rings. The van der Waals surface area contributed by atoms with Gasteiger partial charge in [-0.05, 0) is 25.0 Å². The van der Waals surface area contributed by atoms with Gasteiger partial charge in [-0.2, -0.15) is 17.9 Å². The molecule has 0 spiro atoms. The highest BCUT2D eigenvalue weighted by atomic mass is 32.2. The minimum atomic E-state index is -3.60. The minimum Gasteiger partial charge on any atom is -0.391 e. The zero-order valence-corrected chi connectivity index (χ0v) is 11.2. The number of hydrogen-bond acceptors (Lipinski definition) is 3. The summed E-state index contributed by atoms with van der Waals surface area (Å²) in [5.41, 5.74) is 1.83. The average molecular weight is 270 g/mol. The molecule has 1 aromatic rings. The maximum absolute atomic E-state index is 11.8. The first-order valence-corrected chi connectivity index (χ1v) is 7.43. The molecule has 0 aromatic heterocycles. The molecule has 0 aliphatic heterocycles. The maximum Gasteiger partial charge on any atom is 0.277 e. The Morgan fingerprint density at radius 2 is 2.00 bits per heavy atom. The van der Waals surface area contributed by atoms with Crippen LogP contribution in [0.3, 0.4) is 0 Å². The molecule has 2 atom stereocenters. The smallest absolute Gasteiger partial charge is 0.277 e. The second kappa shape index (κ2) is 4.97. The molecule has 1 aromatic carbocycles. The SMILES string of the molecule is CC(C)NS(=O)(=O)N[C@H]1c2ccccc2C[C@H]1O. The minimum absolute atomic E-state index is 0.184. The molecule has 6 heteroatoms. The van der Waals surface area contributed by atoms with E-state index in [1.54, 1.807) is 13.8 Å². The van der Waals surface area contributed by atoms with Crippen LogP contribution < -0.4 is 9.44 Å². The molecule has 0 amide bonds. The molecule has 0 saturated heterocycles. The van der Waals surface area contributed by atoms with E-state index in [-0.39, 0.29) is 6.04 Å². The quantitative estimate of drug-likeness (QED) is 0.744. The van der Waals surface area contributed by atoms with Gasteiger partial charge in [0.05, 0.1) is 12.1 Å². The summed E-state index contributed by atoms with van der Waals surface area (Å²) in [6, 6.07) is 6.72. The highest BCUT2D eigenvalue weighted by molar-refractivity contribution is 7.87. The highest BCUT2D eigenvalue weighted by Crippen LogP contribution is 2.31. The molecule has 18 heavy (non-hydrogen) atoms. The molecular formula is C12H18N2O3S. The van der Waals surface area contributed by atoms with Gasteiger partial charge in [-0.3, -0.25) is 0 Å². The van der Waals surface area contributed by atoms with E-state index in [2.05, 4.69) is 9.44 Å². The van der Waals surface area contributed by atoms with Crippen LogP contribution in [0.1, 0.15) is 31.0 Å². The molecule has 0 unspecified atom stereocenters. The lowest BCUT2D eigenvalue weighted by atomic mass is 10.1. The Bertz CT molecular complexity index is 528. The predicted octanol–water partition coefficient (Wildman–Crippen LogP) is 0.477. The van der Waals surface area contributed by atoms with Crippen LogP contribution in [0.4, 0.5) is 0 Å². The standard InChI is InChI=1S/C12H18N2O3S/c1-8(2)13-18(16,17)14-12-10-6-4-3-5-9(10)7-11(12)15/h3-6,8,11-15H,7H2,1-2H3/t11-,12+/m1/s1. The summed E-state index contributed by atoms with van der Waals surface area (Å²) in [5.74, 6) is 0. The van der Waals surface area contributed by atoms with Crippen LogP contribution >= 0.6 is 0 Å². The fraction of sp³-hybridized carbons (Fsp3) is 0.500. The average Bonchev–Trinajstić information content (AvgIpc) is 2.53. The Balaban J connectivity index is 2.20. The van der Waals surface area contributed by atoms with Crippen molar-refractivity contribution in [3.63, 3.8) is 0 Å². The molecular weight excluding hydrogens is 252 g/mol. The third-order valence-corrected chi connectivity index (χ3v) is 4.22. The van der Waals surface area contributed by atoms with Gasteiger partial charge in [-0.1, -0.05) is 24.3 Å². The molecule has 5 nitrogen and oxygen atoms in total. The number of fused-ring (bicyclic) bond motifs is 1. The van der Waals surface area contributed by atoms with Crippen molar-refractivity contribution >= 4 is 10.2 Å². The second-order valence-electron chi connectivity index (χ2n) is 4.84. The number of aliphatic hydroxyl groups is 1. The topological polar surface area (TPSA) is 78.4 Å². The van der Waals surface area contributed by atoms with Crippen molar-refractivity contribution in [2.45, 2.75) is 38.5 Å². The van der Waals surface area contributed by atoms with Crippen LogP contribution in [0.15, 0.2) is 24.3 Å². The van der Waals surface area contributed by atoms with E-state index in [1.807, 2.05) is 24.3 Å². The third kappa shape index (κ3) is 2.89. The first-order valence-electron chi connectivity index (χ1n) is 5.94. The lowest BCUT2D eigenvalue weighted by molar-refractivity contribution is 0.151. The number of aliphatic hydroxyl groups excluding tert-OH is 1. The summed E-state index contributed by atoms with van der Waals surface area (Å²) in [4.78, 5) is 0. The Morgan fingerprint density at radius 1 is 1.33 bits per heavy atom. The van der Waals surface area contributed by atoms with Crippen LogP contribution in [0.5, 0.6) is 0 Å². The molecule has 100 valence electrons. The number of benzene rings is 1. The van der Waals surface area contributed by atoms with Crippen LogP contribution in [-0.4, -0.2) is 25.7 Å². The van der Waals surface area contributed by atoms with Gasteiger partial charge in [0.25, 0.3) is 10.2 Å². The summed E-state index contributed by atoms with van der Waals surface area (Å²) < 4.78 is 28.6. The van der Waals surface area contributed by atoms with E-state index in [0.29, 0.717) is 6.42 Å². The zero-order chi connectivity index (χ0) is 13.3. The summed E-state index contributed by atoms with van der Waals surface area (Å²) >= 11 is 0. The van der Waals surface area contributed by atoms with Crippen LogP contribution in [0.25, 0.3) is 0 Å². The molecule has 0 radical (unpaired) electrons. The Labute approximate surface area is 107 Å². The van der Waals surface area contributed by atoms with Gasteiger partial charge >= 0.3 is 0 Å². The molecule has 0 bridgehead atoms. The monoisotopic (exact) mass is 270 g/mol. The van der Waals surface area contributed by atoms with Gasteiger partial charge in [0.15, 0.2) is 0 Å². The molecule has 1 aliphatic carbocycles. The largest absolute Gasteiger partial charge is 0.391 e. The molecule has 3 N–H and O–H groups in total. The first kappa shape index (κ1) is 13.5. The Hall–Kier alpha value is -0.950. The summed E-state index contributed by atoms with van der Waals surface area (Å²) in [6.07, 6.45) is -0.239. The highest BCUT2D eigenvalue weighted by Gasteiger charge is 2.33.